The van der Waals surface area contributed by atoms with E-state index < -0.39 is 0 Å². The molecule has 152 valence electrons. The molecule has 2 rings (SSSR count). The summed E-state index contributed by atoms with van der Waals surface area (Å²) in [7, 11) is 0. The monoisotopic (exact) mass is 515 g/mol. The Labute approximate surface area is 188 Å². The largest absolute Gasteiger partial charge is 0.357 e. The number of aryl methyl sites for hydroxylation is 1. The predicted molar refractivity (Wildman–Crippen MR) is 127 cm³/mol. The molecule has 0 radical (unpaired) electrons. The number of aliphatic imine (C=N–C) groups is 1. The number of carbonyl (C=O) groups is 1. The van der Waals surface area contributed by atoms with Crippen molar-refractivity contribution in [2.24, 2.45) is 4.99 Å². The summed E-state index contributed by atoms with van der Waals surface area (Å²) >= 11 is 5.90. The number of halogens is 2. The summed E-state index contributed by atoms with van der Waals surface area (Å²) in [5, 5.41) is 9.98. The smallest absolute Gasteiger partial charge is 0.227 e. The van der Waals surface area contributed by atoms with Crippen molar-refractivity contribution in [3.8, 4) is 0 Å². The Balaban J connectivity index is 0.00000392. The van der Waals surface area contributed by atoms with Crippen LogP contribution in [0.3, 0.4) is 0 Å². The molecule has 1 aromatic heterocycles. The Morgan fingerprint density at radius 3 is 2.57 bits per heavy atom. The Morgan fingerprint density at radius 1 is 1.14 bits per heavy atom. The molecule has 0 bridgehead atoms. The van der Waals surface area contributed by atoms with Gasteiger partial charge in [-0.05, 0) is 50.1 Å². The highest BCUT2D eigenvalue weighted by Gasteiger charge is 2.04. The van der Waals surface area contributed by atoms with E-state index in [9.17, 15) is 4.79 Å². The Kier molecular flexibility index (Phi) is 11.5. The molecule has 1 heterocycles. The van der Waals surface area contributed by atoms with Crippen molar-refractivity contribution >= 4 is 53.3 Å². The number of hydrogen-bond donors (Lipinski definition) is 3. The molecule has 0 saturated heterocycles. The van der Waals surface area contributed by atoms with Crippen LogP contribution in [0, 0.1) is 6.92 Å². The molecule has 2 aromatic rings. The molecular formula is C20H27ClIN5O. The van der Waals surface area contributed by atoms with Gasteiger partial charge in [0.25, 0.3) is 0 Å². The maximum absolute atomic E-state index is 12.0. The average molecular weight is 516 g/mol. The normalized spacial score (nSPS) is 10.8. The van der Waals surface area contributed by atoms with Gasteiger partial charge in [0.1, 0.15) is 5.82 Å². The molecule has 1 aromatic carbocycles. The predicted octanol–water partition coefficient (Wildman–Crippen LogP) is 3.79. The topological polar surface area (TPSA) is 78.4 Å². The van der Waals surface area contributed by atoms with Gasteiger partial charge in [-0.15, -0.1) is 24.0 Å². The van der Waals surface area contributed by atoms with E-state index in [4.69, 9.17) is 11.6 Å². The highest BCUT2D eigenvalue weighted by Crippen LogP contribution is 2.09. The third-order valence-electron chi connectivity index (χ3n) is 3.73. The lowest BCUT2D eigenvalue weighted by Crippen LogP contribution is -2.38. The third-order valence-corrected chi connectivity index (χ3v) is 3.98. The van der Waals surface area contributed by atoms with E-state index >= 15 is 0 Å². The fourth-order valence-corrected chi connectivity index (χ4v) is 2.53. The molecule has 0 aliphatic rings. The van der Waals surface area contributed by atoms with Gasteiger partial charge >= 0.3 is 0 Å². The van der Waals surface area contributed by atoms with E-state index in [1.807, 2.05) is 50.2 Å². The summed E-state index contributed by atoms with van der Waals surface area (Å²) in [5.74, 6) is 1.17. The van der Waals surface area contributed by atoms with Gasteiger partial charge in [-0.1, -0.05) is 29.8 Å². The maximum atomic E-state index is 12.0. The highest BCUT2D eigenvalue weighted by atomic mass is 127. The number of anilines is 1. The maximum Gasteiger partial charge on any atom is 0.227 e. The van der Waals surface area contributed by atoms with Crippen LogP contribution in [0.2, 0.25) is 5.02 Å². The number of hydrogen-bond acceptors (Lipinski definition) is 3. The van der Waals surface area contributed by atoms with Crippen molar-refractivity contribution < 1.29 is 4.79 Å². The fraction of sp³-hybridized carbons (Fsp3) is 0.350. The van der Waals surface area contributed by atoms with Crippen LogP contribution in [0.4, 0.5) is 5.82 Å². The molecular weight excluding hydrogens is 489 g/mol. The van der Waals surface area contributed by atoms with Gasteiger partial charge in [-0.2, -0.15) is 0 Å². The van der Waals surface area contributed by atoms with Crippen LogP contribution in [0.15, 0.2) is 47.5 Å². The number of guanidine groups is 1. The van der Waals surface area contributed by atoms with Crippen molar-refractivity contribution in [3.05, 3.63) is 58.7 Å². The number of benzene rings is 1. The number of aromatic nitrogens is 1. The minimum absolute atomic E-state index is 0. The molecule has 0 aliphatic heterocycles. The van der Waals surface area contributed by atoms with E-state index in [2.05, 4.69) is 25.9 Å². The molecule has 1 amide bonds. The second kappa shape index (κ2) is 13.3. The van der Waals surface area contributed by atoms with Crippen LogP contribution in [0.1, 0.15) is 24.6 Å². The van der Waals surface area contributed by atoms with Gasteiger partial charge in [0, 0.05) is 30.2 Å². The standard InChI is InChI=1S/C20H26ClN5O.HI/c1-3-22-20(23-13-11-16-7-9-17(21)10-8-16)24-14-12-19(27)26-18-6-4-5-15(2)25-18;/h4-10H,3,11-14H2,1-2H3,(H2,22,23,24)(H,25,26,27);1H. The molecule has 0 saturated carbocycles. The molecule has 28 heavy (non-hydrogen) atoms. The van der Waals surface area contributed by atoms with Gasteiger partial charge in [0.2, 0.25) is 5.91 Å². The average Bonchev–Trinajstić information content (AvgIpc) is 2.63. The summed E-state index contributed by atoms with van der Waals surface area (Å²) < 4.78 is 0. The van der Waals surface area contributed by atoms with E-state index in [-0.39, 0.29) is 29.9 Å². The summed E-state index contributed by atoms with van der Waals surface area (Å²) in [5.41, 5.74) is 2.07. The van der Waals surface area contributed by atoms with Crippen LogP contribution in [-0.2, 0) is 11.2 Å². The first-order valence-electron chi connectivity index (χ1n) is 9.07. The van der Waals surface area contributed by atoms with Crippen molar-refractivity contribution in [1.82, 2.24) is 15.6 Å². The van der Waals surface area contributed by atoms with Gasteiger partial charge in [0.05, 0.1) is 6.54 Å². The highest BCUT2D eigenvalue weighted by molar-refractivity contribution is 14.0. The molecule has 3 N–H and O–H groups in total. The van der Waals surface area contributed by atoms with Crippen molar-refractivity contribution in [3.63, 3.8) is 0 Å². The fourth-order valence-electron chi connectivity index (χ4n) is 2.41. The van der Waals surface area contributed by atoms with Gasteiger partial charge in [-0.3, -0.25) is 9.79 Å². The molecule has 8 heteroatoms. The molecule has 6 nitrogen and oxygen atoms in total. The molecule has 0 spiro atoms. The quantitative estimate of drug-likeness (QED) is 0.284. The lowest BCUT2D eigenvalue weighted by Gasteiger charge is -2.11. The van der Waals surface area contributed by atoms with Crippen LogP contribution in [0.25, 0.3) is 0 Å². The van der Waals surface area contributed by atoms with Crippen molar-refractivity contribution in [2.75, 3.05) is 25.0 Å². The third kappa shape index (κ3) is 9.36. The van der Waals surface area contributed by atoms with Gasteiger partial charge in [-0.25, -0.2) is 4.98 Å². The number of pyridine rings is 1. The molecule has 0 fully saturated rings. The van der Waals surface area contributed by atoms with Gasteiger partial charge in [0.15, 0.2) is 5.96 Å². The molecule has 0 unspecified atom stereocenters. The number of rotatable bonds is 8. The van der Waals surface area contributed by atoms with Crippen LogP contribution < -0.4 is 16.0 Å². The summed E-state index contributed by atoms with van der Waals surface area (Å²) in [6.45, 7) is 5.79. The zero-order valence-corrected chi connectivity index (χ0v) is 19.3. The summed E-state index contributed by atoms with van der Waals surface area (Å²) in [6.07, 6.45) is 1.16. The van der Waals surface area contributed by atoms with E-state index in [1.165, 1.54) is 5.56 Å². The molecule has 0 aliphatic carbocycles. The van der Waals surface area contributed by atoms with Crippen LogP contribution >= 0.6 is 35.6 Å². The minimum atomic E-state index is -0.103. The van der Waals surface area contributed by atoms with Crippen molar-refractivity contribution in [1.29, 1.82) is 0 Å². The Bertz CT molecular complexity index is 767. The SMILES string of the molecule is CCNC(=NCCC(=O)Nc1cccc(C)n1)NCCc1ccc(Cl)cc1.I. The van der Waals surface area contributed by atoms with Gasteiger partial charge < -0.3 is 16.0 Å². The number of carbonyl (C=O) groups excluding carboxylic acids is 1. The van der Waals surface area contributed by atoms with Crippen LogP contribution in [0.5, 0.6) is 0 Å². The first-order chi connectivity index (χ1) is 13.1. The Hall–Kier alpha value is -1.87. The number of nitrogens with zero attached hydrogens (tertiary/aromatic N) is 2. The minimum Gasteiger partial charge on any atom is -0.357 e. The Morgan fingerprint density at radius 2 is 1.89 bits per heavy atom. The summed E-state index contributed by atoms with van der Waals surface area (Å²) in [6, 6.07) is 13.3. The first kappa shape index (κ1) is 24.2. The number of amides is 1. The lowest BCUT2D eigenvalue weighted by molar-refractivity contribution is -0.116. The van der Waals surface area contributed by atoms with Crippen LogP contribution in [-0.4, -0.2) is 36.5 Å². The van der Waals surface area contributed by atoms with E-state index in [0.717, 1.165) is 30.2 Å². The van der Waals surface area contributed by atoms with Crippen molar-refractivity contribution in [2.45, 2.75) is 26.7 Å². The van der Waals surface area contributed by atoms with E-state index in [0.29, 0.717) is 24.7 Å². The zero-order valence-electron chi connectivity index (χ0n) is 16.2. The first-order valence-corrected chi connectivity index (χ1v) is 9.44. The zero-order chi connectivity index (χ0) is 19.5. The second-order valence-corrected chi connectivity index (χ2v) is 6.46. The lowest BCUT2D eigenvalue weighted by atomic mass is 10.1. The second-order valence-electron chi connectivity index (χ2n) is 6.03. The number of nitrogens with one attached hydrogen (secondary N) is 3. The molecule has 0 atom stereocenters. The summed E-state index contributed by atoms with van der Waals surface area (Å²) in [4.78, 5) is 20.7. The van der Waals surface area contributed by atoms with E-state index in [1.54, 1.807) is 6.07 Å².